The van der Waals surface area contributed by atoms with Gasteiger partial charge in [0.15, 0.2) is 0 Å². The predicted octanol–water partition coefficient (Wildman–Crippen LogP) is 5.02. The normalized spacial score (nSPS) is 11.5. The largest absolute Gasteiger partial charge is 0.352 e. The van der Waals surface area contributed by atoms with E-state index in [9.17, 15) is 4.79 Å². The lowest BCUT2D eigenvalue weighted by Gasteiger charge is -2.26. The summed E-state index contributed by atoms with van der Waals surface area (Å²) in [7, 11) is 0. The molecule has 1 aromatic carbocycles. The van der Waals surface area contributed by atoms with E-state index in [-0.39, 0.29) is 11.9 Å². The van der Waals surface area contributed by atoms with Gasteiger partial charge in [0.05, 0.1) is 5.75 Å². The molecule has 0 aliphatic heterocycles. The zero-order chi connectivity index (χ0) is 16.0. The van der Waals surface area contributed by atoms with Gasteiger partial charge in [-0.15, -0.1) is 11.8 Å². The fraction of sp³-hybridized carbons (Fsp3) is 0.562. The van der Waals surface area contributed by atoms with Crippen molar-refractivity contribution in [3.63, 3.8) is 0 Å². The van der Waals surface area contributed by atoms with E-state index in [2.05, 4.69) is 33.0 Å². The van der Waals surface area contributed by atoms with E-state index in [1.807, 2.05) is 18.2 Å². The first-order valence-electron chi connectivity index (χ1n) is 7.13. The Morgan fingerprint density at radius 1 is 1.14 bits per heavy atom. The highest BCUT2D eigenvalue weighted by molar-refractivity contribution is 7.99. The monoisotopic (exact) mass is 347 g/mol. The number of carbonyl (C=O) groups is 1. The lowest BCUT2D eigenvalue weighted by atomic mass is 9.93. The molecule has 0 heterocycles. The Morgan fingerprint density at radius 3 is 2.14 bits per heavy atom. The first-order chi connectivity index (χ1) is 9.82. The predicted molar refractivity (Wildman–Crippen MR) is 94.2 cm³/mol. The van der Waals surface area contributed by atoms with Crippen LogP contribution < -0.4 is 5.32 Å². The minimum Gasteiger partial charge on any atom is -0.352 e. The molecule has 5 heteroatoms. The van der Waals surface area contributed by atoms with Gasteiger partial charge in [0, 0.05) is 21.8 Å². The van der Waals surface area contributed by atoms with Crippen LogP contribution in [0.2, 0.25) is 10.0 Å². The van der Waals surface area contributed by atoms with Crippen molar-refractivity contribution in [2.24, 2.45) is 11.8 Å². The molecule has 0 aliphatic carbocycles. The Kier molecular flexibility index (Phi) is 7.93. The number of nitrogens with one attached hydrogen (secondary N) is 1. The van der Waals surface area contributed by atoms with Crippen LogP contribution in [0.1, 0.15) is 33.3 Å². The van der Waals surface area contributed by atoms with Gasteiger partial charge in [0.2, 0.25) is 5.91 Å². The van der Waals surface area contributed by atoms with Crippen molar-refractivity contribution in [1.82, 2.24) is 5.32 Å². The molecular weight excluding hydrogens is 325 g/mol. The highest BCUT2D eigenvalue weighted by Gasteiger charge is 2.19. The average Bonchev–Trinajstić information content (AvgIpc) is 2.38. The maximum Gasteiger partial charge on any atom is 0.230 e. The number of thioether (sulfide) groups is 1. The van der Waals surface area contributed by atoms with Gasteiger partial charge in [-0.3, -0.25) is 4.79 Å². The van der Waals surface area contributed by atoms with Crippen LogP contribution in [0.3, 0.4) is 0 Å². The molecule has 0 radical (unpaired) electrons. The molecule has 0 unspecified atom stereocenters. The lowest BCUT2D eigenvalue weighted by molar-refractivity contribution is -0.119. The molecule has 0 aliphatic rings. The van der Waals surface area contributed by atoms with Crippen LogP contribution in [0.5, 0.6) is 0 Å². The molecule has 1 N–H and O–H groups in total. The van der Waals surface area contributed by atoms with Crippen LogP contribution in [-0.4, -0.2) is 17.7 Å². The molecule has 21 heavy (non-hydrogen) atoms. The van der Waals surface area contributed by atoms with Gasteiger partial charge in [0.1, 0.15) is 0 Å². The van der Waals surface area contributed by atoms with Crippen molar-refractivity contribution < 1.29 is 4.79 Å². The number of carbonyl (C=O) groups excluding carboxylic acids is 1. The molecule has 0 aromatic heterocycles. The Hall–Kier alpha value is -0.380. The maximum atomic E-state index is 12.0. The average molecular weight is 348 g/mol. The third-order valence-corrected chi connectivity index (χ3v) is 4.97. The van der Waals surface area contributed by atoms with Crippen LogP contribution >= 0.6 is 35.0 Å². The van der Waals surface area contributed by atoms with E-state index in [4.69, 9.17) is 23.2 Å². The van der Waals surface area contributed by atoms with Crippen molar-refractivity contribution in [2.45, 2.75) is 39.5 Å². The van der Waals surface area contributed by atoms with Gasteiger partial charge in [-0.1, -0.05) is 57.0 Å². The van der Waals surface area contributed by atoms with E-state index in [0.717, 1.165) is 5.56 Å². The van der Waals surface area contributed by atoms with E-state index in [0.29, 0.717) is 33.4 Å². The highest BCUT2D eigenvalue weighted by Crippen LogP contribution is 2.28. The summed E-state index contributed by atoms with van der Waals surface area (Å²) in [4.78, 5) is 12.0. The lowest BCUT2D eigenvalue weighted by Crippen LogP contribution is -2.43. The summed E-state index contributed by atoms with van der Waals surface area (Å²) in [5.41, 5.74) is 0.892. The van der Waals surface area contributed by atoms with Gasteiger partial charge in [-0.25, -0.2) is 0 Å². The molecule has 2 nitrogen and oxygen atoms in total. The summed E-state index contributed by atoms with van der Waals surface area (Å²) in [6.45, 7) is 8.51. The number of hydrogen-bond acceptors (Lipinski definition) is 2. The molecule has 1 aromatic rings. The van der Waals surface area contributed by atoms with Gasteiger partial charge < -0.3 is 5.32 Å². The Morgan fingerprint density at radius 2 is 1.67 bits per heavy atom. The first kappa shape index (κ1) is 18.7. The molecule has 0 saturated heterocycles. The SMILES string of the molecule is CC(C)C(NC(=O)CSCc1c(Cl)cccc1Cl)C(C)C. The zero-order valence-electron chi connectivity index (χ0n) is 13.0. The minimum atomic E-state index is 0.0653. The van der Waals surface area contributed by atoms with Gasteiger partial charge >= 0.3 is 0 Å². The Labute approximate surface area is 142 Å². The van der Waals surface area contributed by atoms with E-state index < -0.39 is 0 Å². The van der Waals surface area contributed by atoms with Crippen molar-refractivity contribution in [3.8, 4) is 0 Å². The molecule has 0 fully saturated rings. The molecule has 0 bridgehead atoms. The smallest absolute Gasteiger partial charge is 0.230 e. The van der Waals surface area contributed by atoms with Crippen LogP contribution in [0, 0.1) is 11.8 Å². The second-order valence-electron chi connectivity index (χ2n) is 5.77. The molecular formula is C16H23Cl2NOS. The van der Waals surface area contributed by atoms with Crippen LogP contribution in [0.15, 0.2) is 18.2 Å². The van der Waals surface area contributed by atoms with Gasteiger partial charge in [-0.05, 0) is 29.5 Å². The molecule has 1 rings (SSSR count). The first-order valence-corrected chi connectivity index (χ1v) is 9.04. The minimum absolute atomic E-state index is 0.0653. The molecule has 118 valence electrons. The summed E-state index contributed by atoms with van der Waals surface area (Å²) in [6, 6.07) is 5.66. The molecule has 1 amide bonds. The summed E-state index contributed by atoms with van der Waals surface area (Å²) in [5.74, 6) is 1.97. The molecule has 0 atom stereocenters. The summed E-state index contributed by atoms with van der Waals surface area (Å²) < 4.78 is 0. The topological polar surface area (TPSA) is 29.1 Å². The number of amides is 1. The highest BCUT2D eigenvalue weighted by atomic mass is 35.5. The van der Waals surface area contributed by atoms with Crippen molar-refractivity contribution in [2.75, 3.05) is 5.75 Å². The number of halogens is 2. The quantitative estimate of drug-likeness (QED) is 0.749. The van der Waals surface area contributed by atoms with Crippen LogP contribution in [0.25, 0.3) is 0 Å². The van der Waals surface area contributed by atoms with E-state index in [1.165, 1.54) is 11.8 Å². The van der Waals surface area contributed by atoms with Crippen molar-refractivity contribution in [3.05, 3.63) is 33.8 Å². The van der Waals surface area contributed by atoms with Crippen molar-refractivity contribution in [1.29, 1.82) is 0 Å². The fourth-order valence-electron chi connectivity index (χ4n) is 2.25. The third kappa shape index (κ3) is 6.09. The second-order valence-corrected chi connectivity index (χ2v) is 7.57. The fourth-order valence-corrected chi connectivity index (χ4v) is 3.82. The van der Waals surface area contributed by atoms with Crippen LogP contribution in [-0.2, 0) is 10.5 Å². The summed E-state index contributed by atoms with van der Waals surface area (Å²) >= 11 is 13.8. The van der Waals surface area contributed by atoms with Crippen molar-refractivity contribution >= 4 is 40.9 Å². The second kappa shape index (κ2) is 8.92. The standard InChI is InChI=1S/C16H23Cl2NOS/c1-10(2)16(11(3)4)19-15(20)9-21-8-12-13(17)6-5-7-14(12)18/h5-7,10-11,16H,8-9H2,1-4H3,(H,19,20). The Bertz CT molecular complexity index is 449. The zero-order valence-corrected chi connectivity index (χ0v) is 15.3. The van der Waals surface area contributed by atoms with Crippen LogP contribution in [0.4, 0.5) is 0 Å². The van der Waals surface area contributed by atoms with Gasteiger partial charge in [0.25, 0.3) is 0 Å². The molecule has 0 spiro atoms. The third-order valence-electron chi connectivity index (χ3n) is 3.31. The summed E-state index contributed by atoms with van der Waals surface area (Å²) in [5, 5.41) is 4.41. The molecule has 0 saturated carbocycles. The maximum absolute atomic E-state index is 12.0. The van der Waals surface area contributed by atoms with E-state index >= 15 is 0 Å². The Balaban J connectivity index is 2.47. The van der Waals surface area contributed by atoms with E-state index in [1.54, 1.807) is 0 Å². The number of rotatable bonds is 7. The number of hydrogen-bond donors (Lipinski definition) is 1. The summed E-state index contributed by atoms with van der Waals surface area (Å²) in [6.07, 6.45) is 0. The number of benzene rings is 1. The van der Waals surface area contributed by atoms with Gasteiger partial charge in [-0.2, -0.15) is 0 Å².